The van der Waals surface area contributed by atoms with E-state index in [9.17, 15) is 0 Å². The Morgan fingerprint density at radius 1 is 0.545 bits per heavy atom. The summed E-state index contributed by atoms with van der Waals surface area (Å²) >= 11 is 0. The van der Waals surface area contributed by atoms with E-state index in [0.29, 0.717) is 0 Å². The van der Waals surface area contributed by atoms with Gasteiger partial charge in [-0.1, -0.05) is 0 Å². The molecule has 4 aromatic rings. The zero-order valence-electron chi connectivity index (χ0n) is 12.1. The maximum atomic E-state index is 4.73. The van der Waals surface area contributed by atoms with Crippen LogP contribution in [-0.4, -0.2) is 7.07 Å². The molecular weight excluding hydrogens is 265 g/mol. The molecule has 0 atom stereocenters. The SMILES string of the molecule is B(=Nc1cccc2ccccc12)c1cccc2ccccc12. The molecule has 0 aliphatic carbocycles. The zero-order valence-corrected chi connectivity index (χ0v) is 12.1. The standard InChI is InChI=1S/C20H14BN/c1-3-11-17-15(7-1)9-5-13-19(17)21-22-20-14-6-10-16-8-2-4-12-18(16)20/h1-14H. The first-order valence-corrected chi connectivity index (χ1v) is 7.41. The van der Waals surface area contributed by atoms with Gasteiger partial charge in [0.1, 0.15) is 0 Å². The normalized spacial score (nSPS) is 11.1. The maximum absolute atomic E-state index is 4.73. The Kier molecular flexibility index (Phi) is 3.28. The van der Waals surface area contributed by atoms with Gasteiger partial charge in [-0.3, -0.25) is 0 Å². The molecule has 4 rings (SSSR count). The molecule has 0 N–H and O–H groups in total. The van der Waals surface area contributed by atoms with Crippen molar-refractivity contribution in [3.05, 3.63) is 84.9 Å². The van der Waals surface area contributed by atoms with E-state index in [1.165, 1.54) is 21.5 Å². The van der Waals surface area contributed by atoms with Gasteiger partial charge in [0.05, 0.1) is 0 Å². The van der Waals surface area contributed by atoms with Crippen molar-refractivity contribution in [3.8, 4) is 0 Å². The molecule has 0 aliphatic heterocycles. The van der Waals surface area contributed by atoms with Crippen LogP contribution in [0.4, 0.5) is 5.69 Å². The molecule has 0 fully saturated rings. The second-order valence-corrected chi connectivity index (χ2v) is 5.32. The number of hydrogen-bond donors (Lipinski definition) is 0. The second kappa shape index (κ2) is 5.57. The van der Waals surface area contributed by atoms with Crippen molar-refractivity contribution >= 4 is 39.8 Å². The summed E-state index contributed by atoms with van der Waals surface area (Å²) in [5.41, 5.74) is 2.15. The first-order chi connectivity index (χ1) is 10.9. The number of rotatable bonds is 2. The molecule has 2 heteroatoms. The molecule has 0 aromatic heterocycles. The summed E-state index contributed by atoms with van der Waals surface area (Å²) in [6, 6.07) is 29.3. The number of hydrogen-bond acceptors (Lipinski definition) is 1. The third-order valence-electron chi connectivity index (χ3n) is 3.93. The summed E-state index contributed by atoms with van der Waals surface area (Å²) in [5.74, 6) is 0. The van der Waals surface area contributed by atoms with Gasteiger partial charge in [-0.05, 0) is 0 Å². The minimum atomic E-state index is 1.01. The van der Waals surface area contributed by atoms with E-state index in [1.54, 1.807) is 0 Å². The third kappa shape index (κ3) is 2.33. The molecule has 0 bridgehead atoms. The van der Waals surface area contributed by atoms with Crippen molar-refractivity contribution in [2.75, 3.05) is 0 Å². The molecule has 0 saturated heterocycles. The molecule has 0 amide bonds. The van der Waals surface area contributed by atoms with Crippen molar-refractivity contribution in [1.29, 1.82) is 0 Å². The van der Waals surface area contributed by atoms with E-state index in [4.69, 9.17) is 4.90 Å². The van der Waals surface area contributed by atoms with Crippen LogP contribution >= 0.6 is 0 Å². The molecule has 4 aromatic carbocycles. The fourth-order valence-electron chi connectivity index (χ4n) is 2.82. The van der Waals surface area contributed by atoms with Gasteiger partial charge in [0, 0.05) is 0 Å². The fourth-order valence-corrected chi connectivity index (χ4v) is 2.82. The Hall–Kier alpha value is -2.74. The van der Waals surface area contributed by atoms with Crippen LogP contribution in [0.3, 0.4) is 0 Å². The van der Waals surface area contributed by atoms with Crippen molar-refractivity contribution in [2.24, 2.45) is 4.90 Å². The molecule has 0 radical (unpaired) electrons. The van der Waals surface area contributed by atoms with Gasteiger partial charge in [0.2, 0.25) is 0 Å². The Labute approximate surface area is 130 Å². The Balaban J connectivity index is 1.83. The molecule has 22 heavy (non-hydrogen) atoms. The van der Waals surface area contributed by atoms with Crippen LogP contribution < -0.4 is 5.46 Å². The van der Waals surface area contributed by atoms with Gasteiger partial charge in [0.25, 0.3) is 0 Å². The average Bonchev–Trinajstić information content (AvgIpc) is 2.60. The Morgan fingerprint density at radius 2 is 1.14 bits per heavy atom. The van der Waals surface area contributed by atoms with E-state index in [-0.39, 0.29) is 0 Å². The van der Waals surface area contributed by atoms with E-state index in [2.05, 4.69) is 84.9 Å². The molecule has 0 aliphatic rings. The average molecular weight is 279 g/mol. The van der Waals surface area contributed by atoms with Crippen molar-refractivity contribution in [2.45, 2.75) is 0 Å². The van der Waals surface area contributed by atoms with Crippen LogP contribution in [0.15, 0.2) is 89.8 Å². The predicted molar refractivity (Wildman–Crippen MR) is 95.4 cm³/mol. The van der Waals surface area contributed by atoms with E-state index >= 15 is 0 Å². The quantitative estimate of drug-likeness (QED) is 0.466. The molecular formula is C20H14BN. The second-order valence-electron chi connectivity index (χ2n) is 5.32. The third-order valence-corrected chi connectivity index (χ3v) is 3.93. The van der Waals surface area contributed by atoms with Crippen LogP contribution in [0.1, 0.15) is 0 Å². The fraction of sp³-hybridized carbons (Fsp3) is 0. The van der Waals surface area contributed by atoms with Crippen LogP contribution in [-0.2, 0) is 0 Å². The first-order valence-electron chi connectivity index (χ1n) is 7.41. The van der Waals surface area contributed by atoms with Crippen LogP contribution in [0, 0.1) is 0 Å². The molecule has 0 saturated carbocycles. The van der Waals surface area contributed by atoms with Crippen LogP contribution in [0.25, 0.3) is 21.5 Å². The van der Waals surface area contributed by atoms with E-state index in [1.807, 2.05) is 7.07 Å². The molecule has 0 unspecified atom stereocenters. The Morgan fingerprint density at radius 3 is 1.95 bits per heavy atom. The number of benzene rings is 4. The monoisotopic (exact) mass is 279 g/mol. The summed E-state index contributed by atoms with van der Waals surface area (Å²) < 4.78 is 0. The van der Waals surface area contributed by atoms with Gasteiger partial charge in [-0.25, -0.2) is 0 Å². The van der Waals surface area contributed by atoms with Crippen LogP contribution in [0.2, 0.25) is 0 Å². The van der Waals surface area contributed by atoms with Crippen molar-refractivity contribution in [3.63, 3.8) is 0 Å². The molecule has 0 spiro atoms. The van der Waals surface area contributed by atoms with Gasteiger partial charge in [-0.2, -0.15) is 0 Å². The molecule has 1 nitrogen and oxygen atoms in total. The van der Waals surface area contributed by atoms with E-state index in [0.717, 1.165) is 11.2 Å². The molecule has 0 heterocycles. The molecule has 102 valence electrons. The summed E-state index contributed by atoms with van der Waals surface area (Å²) in [7, 11) is 1.96. The van der Waals surface area contributed by atoms with Crippen molar-refractivity contribution < 1.29 is 0 Å². The van der Waals surface area contributed by atoms with Crippen LogP contribution in [0.5, 0.6) is 0 Å². The van der Waals surface area contributed by atoms with Gasteiger partial charge in [-0.15, -0.1) is 0 Å². The Bertz CT molecular complexity index is 897. The number of nitrogens with zero attached hydrogens (tertiary/aromatic N) is 1. The van der Waals surface area contributed by atoms with Crippen molar-refractivity contribution in [1.82, 2.24) is 0 Å². The predicted octanol–water partition coefficient (Wildman–Crippen LogP) is 4.84. The van der Waals surface area contributed by atoms with E-state index < -0.39 is 0 Å². The summed E-state index contributed by atoms with van der Waals surface area (Å²) in [6.07, 6.45) is 0. The zero-order chi connectivity index (χ0) is 14.8. The first kappa shape index (κ1) is 13.0. The van der Waals surface area contributed by atoms with Gasteiger partial charge >= 0.3 is 130 Å². The minimum absolute atomic E-state index is 1.01. The summed E-state index contributed by atoms with van der Waals surface area (Å²) in [5, 5.41) is 4.87. The van der Waals surface area contributed by atoms with Gasteiger partial charge in [0.15, 0.2) is 0 Å². The summed E-state index contributed by atoms with van der Waals surface area (Å²) in [6.45, 7) is 0. The summed E-state index contributed by atoms with van der Waals surface area (Å²) in [4.78, 5) is 4.73. The topological polar surface area (TPSA) is 12.4 Å². The van der Waals surface area contributed by atoms with Gasteiger partial charge < -0.3 is 0 Å². The number of fused-ring (bicyclic) bond motifs is 2.